The van der Waals surface area contributed by atoms with E-state index in [1.165, 1.54) is 11.1 Å². The molecular formula is C16H17BrClN. The van der Waals surface area contributed by atoms with Crippen molar-refractivity contribution in [2.45, 2.75) is 26.4 Å². The molecule has 0 aliphatic carbocycles. The molecule has 3 heteroatoms. The third-order valence-electron chi connectivity index (χ3n) is 3.15. The predicted molar refractivity (Wildman–Crippen MR) is 85.6 cm³/mol. The number of hydrogen-bond donors (Lipinski definition) is 1. The van der Waals surface area contributed by atoms with E-state index in [-0.39, 0.29) is 0 Å². The molecule has 0 radical (unpaired) electrons. The molecule has 100 valence electrons. The number of hydrogen-bond acceptors (Lipinski definition) is 1. The van der Waals surface area contributed by atoms with Crippen molar-refractivity contribution >= 4 is 27.5 Å². The van der Waals surface area contributed by atoms with Crippen LogP contribution in [0, 0.1) is 6.92 Å². The minimum absolute atomic E-state index is 0.301. The van der Waals surface area contributed by atoms with E-state index in [1.807, 2.05) is 12.1 Å². The molecule has 0 aliphatic heterocycles. The molecule has 2 aromatic carbocycles. The molecule has 2 rings (SSSR count). The molecular weight excluding hydrogens is 322 g/mol. The van der Waals surface area contributed by atoms with Crippen LogP contribution in [0.4, 0.5) is 0 Å². The lowest BCUT2D eigenvalue weighted by atomic mass is 10.1. The van der Waals surface area contributed by atoms with Gasteiger partial charge in [-0.3, -0.25) is 0 Å². The summed E-state index contributed by atoms with van der Waals surface area (Å²) in [6.45, 7) is 5.04. The van der Waals surface area contributed by atoms with E-state index in [9.17, 15) is 0 Å². The van der Waals surface area contributed by atoms with E-state index in [2.05, 4.69) is 65.4 Å². The van der Waals surface area contributed by atoms with Crippen molar-refractivity contribution < 1.29 is 0 Å². The van der Waals surface area contributed by atoms with Gasteiger partial charge in [-0.15, -0.1) is 0 Å². The lowest BCUT2D eigenvalue weighted by Gasteiger charge is -2.15. The Balaban J connectivity index is 2.04. The van der Waals surface area contributed by atoms with Gasteiger partial charge in [0.2, 0.25) is 0 Å². The van der Waals surface area contributed by atoms with Crippen molar-refractivity contribution in [3.8, 4) is 0 Å². The molecule has 0 aromatic heterocycles. The first-order valence-electron chi connectivity index (χ1n) is 6.30. The molecule has 1 N–H and O–H groups in total. The van der Waals surface area contributed by atoms with Gasteiger partial charge in [-0.1, -0.05) is 57.4 Å². The maximum Gasteiger partial charge on any atom is 0.0451 e. The third kappa shape index (κ3) is 4.07. The molecule has 1 nitrogen and oxygen atoms in total. The van der Waals surface area contributed by atoms with E-state index in [1.54, 1.807) is 0 Å². The van der Waals surface area contributed by atoms with Crippen molar-refractivity contribution in [1.29, 1.82) is 0 Å². The van der Waals surface area contributed by atoms with Gasteiger partial charge in [0, 0.05) is 22.1 Å². The Bertz CT molecular complexity index is 568. The summed E-state index contributed by atoms with van der Waals surface area (Å²) in [4.78, 5) is 0. The van der Waals surface area contributed by atoms with Crippen LogP contribution in [-0.4, -0.2) is 0 Å². The minimum atomic E-state index is 0.301. The fourth-order valence-corrected chi connectivity index (χ4v) is 2.59. The van der Waals surface area contributed by atoms with Gasteiger partial charge < -0.3 is 5.32 Å². The van der Waals surface area contributed by atoms with Gasteiger partial charge in [0.05, 0.1) is 0 Å². The normalized spacial score (nSPS) is 12.4. The molecule has 0 unspecified atom stereocenters. The van der Waals surface area contributed by atoms with Crippen LogP contribution in [0.2, 0.25) is 5.02 Å². The zero-order valence-corrected chi connectivity index (χ0v) is 13.4. The molecule has 2 aromatic rings. The lowest BCUT2D eigenvalue weighted by Crippen LogP contribution is -2.18. The molecule has 0 aliphatic rings. The average Bonchev–Trinajstić information content (AvgIpc) is 2.39. The molecule has 0 bridgehead atoms. The highest BCUT2D eigenvalue weighted by molar-refractivity contribution is 9.10. The van der Waals surface area contributed by atoms with E-state index < -0.39 is 0 Å². The standard InChI is InChI=1S/C16H17BrClN/c1-11-4-3-5-13(8-11)12(2)19-10-14-9-15(17)6-7-16(14)18/h3-9,12,19H,10H2,1-2H3/t12-/m0/s1. The highest BCUT2D eigenvalue weighted by atomic mass is 79.9. The molecule has 0 heterocycles. The number of aryl methyl sites for hydroxylation is 1. The van der Waals surface area contributed by atoms with Crippen molar-refractivity contribution in [3.05, 3.63) is 68.7 Å². The van der Waals surface area contributed by atoms with Crippen molar-refractivity contribution in [2.24, 2.45) is 0 Å². The zero-order chi connectivity index (χ0) is 13.8. The highest BCUT2D eigenvalue weighted by Gasteiger charge is 2.07. The smallest absolute Gasteiger partial charge is 0.0451 e. The number of halogens is 2. The van der Waals surface area contributed by atoms with Crippen LogP contribution in [0.25, 0.3) is 0 Å². The monoisotopic (exact) mass is 337 g/mol. The molecule has 19 heavy (non-hydrogen) atoms. The number of rotatable bonds is 4. The Morgan fingerprint density at radius 3 is 2.74 bits per heavy atom. The maximum absolute atomic E-state index is 6.19. The largest absolute Gasteiger partial charge is 0.306 e. The van der Waals surface area contributed by atoms with Gasteiger partial charge in [0.15, 0.2) is 0 Å². The highest BCUT2D eigenvalue weighted by Crippen LogP contribution is 2.22. The zero-order valence-electron chi connectivity index (χ0n) is 11.1. The summed E-state index contributed by atoms with van der Waals surface area (Å²) in [5.74, 6) is 0. The summed E-state index contributed by atoms with van der Waals surface area (Å²) < 4.78 is 1.05. The van der Waals surface area contributed by atoms with E-state index >= 15 is 0 Å². The van der Waals surface area contributed by atoms with E-state index in [4.69, 9.17) is 11.6 Å². The molecule has 0 saturated carbocycles. The van der Waals surface area contributed by atoms with E-state index in [0.717, 1.165) is 21.6 Å². The van der Waals surface area contributed by atoms with Crippen LogP contribution in [-0.2, 0) is 6.54 Å². The Kier molecular flexibility index (Phi) is 5.03. The molecule has 1 atom stereocenters. The fraction of sp³-hybridized carbons (Fsp3) is 0.250. The van der Waals surface area contributed by atoms with Crippen LogP contribution >= 0.6 is 27.5 Å². The first-order valence-corrected chi connectivity index (χ1v) is 7.47. The second-order valence-electron chi connectivity index (χ2n) is 4.75. The molecule has 0 fully saturated rings. The molecule has 0 amide bonds. The topological polar surface area (TPSA) is 12.0 Å². The second kappa shape index (κ2) is 6.56. The van der Waals surface area contributed by atoms with Crippen molar-refractivity contribution in [3.63, 3.8) is 0 Å². The Morgan fingerprint density at radius 2 is 2.00 bits per heavy atom. The summed E-state index contributed by atoms with van der Waals surface area (Å²) in [6.07, 6.45) is 0. The van der Waals surface area contributed by atoms with Crippen LogP contribution in [0.5, 0.6) is 0 Å². The van der Waals surface area contributed by atoms with Crippen LogP contribution in [0.3, 0.4) is 0 Å². The lowest BCUT2D eigenvalue weighted by molar-refractivity contribution is 0.574. The van der Waals surface area contributed by atoms with Crippen LogP contribution in [0.1, 0.15) is 29.7 Å². The third-order valence-corrected chi connectivity index (χ3v) is 4.01. The summed E-state index contributed by atoms with van der Waals surface area (Å²) in [6, 6.07) is 14.8. The van der Waals surface area contributed by atoms with E-state index in [0.29, 0.717) is 6.04 Å². The van der Waals surface area contributed by atoms with Gasteiger partial charge in [0.25, 0.3) is 0 Å². The van der Waals surface area contributed by atoms with Gasteiger partial charge in [-0.05, 0) is 43.2 Å². The Morgan fingerprint density at radius 1 is 1.21 bits per heavy atom. The number of benzene rings is 2. The van der Waals surface area contributed by atoms with Crippen molar-refractivity contribution in [2.75, 3.05) is 0 Å². The van der Waals surface area contributed by atoms with Crippen LogP contribution < -0.4 is 5.32 Å². The first-order chi connectivity index (χ1) is 9.06. The fourth-order valence-electron chi connectivity index (χ4n) is 2.00. The number of nitrogens with one attached hydrogen (secondary N) is 1. The molecule has 0 saturated heterocycles. The quantitative estimate of drug-likeness (QED) is 0.801. The van der Waals surface area contributed by atoms with Gasteiger partial charge in [-0.2, -0.15) is 0 Å². The predicted octanol–water partition coefficient (Wildman–Crippen LogP) is 5.26. The van der Waals surface area contributed by atoms with Gasteiger partial charge in [0.1, 0.15) is 0 Å². The Hall–Kier alpha value is -0.830. The van der Waals surface area contributed by atoms with Gasteiger partial charge in [-0.25, -0.2) is 0 Å². The van der Waals surface area contributed by atoms with Crippen LogP contribution in [0.15, 0.2) is 46.9 Å². The van der Waals surface area contributed by atoms with Gasteiger partial charge >= 0.3 is 0 Å². The summed E-state index contributed by atoms with van der Waals surface area (Å²) in [7, 11) is 0. The maximum atomic E-state index is 6.19. The van der Waals surface area contributed by atoms with Crippen molar-refractivity contribution in [1.82, 2.24) is 5.32 Å². The summed E-state index contributed by atoms with van der Waals surface area (Å²) in [5, 5.41) is 4.30. The average molecular weight is 339 g/mol. The summed E-state index contributed by atoms with van der Waals surface area (Å²) >= 11 is 9.66. The summed E-state index contributed by atoms with van der Waals surface area (Å²) in [5.41, 5.74) is 3.69. The second-order valence-corrected chi connectivity index (χ2v) is 6.08. The first kappa shape index (κ1) is 14.6. The molecule has 0 spiro atoms. The SMILES string of the molecule is Cc1cccc([C@H](C)NCc2cc(Br)ccc2Cl)c1. The Labute approximate surface area is 128 Å². The minimum Gasteiger partial charge on any atom is -0.306 e.